The number of halogens is 2. The second-order valence-corrected chi connectivity index (χ2v) is 10.2. The molecule has 3 aromatic rings. The molecule has 9 heteroatoms. The number of aliphatic hydroxyl groups is 1. The molecule has 1 fully saturated rings. The minimum absolute atomic E-state index is 0.0515. The number of ether oxygens (including phenoxy) is 1. The summed E-state index contributed by atoms with van der Waals surface area (Å²) in [6, 6.07) is 10.7. The summed E-state index contributed by atoms with van der Waals surface area (Å²) in [5.41, 5.74) is 1.52. The Morgan fingerprint density at radius 1 is 1.25 bits per heavy atom. The van der Waals surface area contributed by atoms with Gasteiger partial charge < -0.3 is 19.8 Å². The smallest absolute Gasteiger partial charge is 0.308 e. The highest BCUT2D eigenvalue weighted by atomic mass is 32.2. The molecule has 2 N–H and O–H groups in total. The average molecular weight is 517 g/mol. The Morgan fingerprint density at radius 3 is 2.86 bits per heavy atom. The van der Waals surface area contributed by atoms with Crippen molar-refractivity contribution in [2.24, 2.45) is 11.8 Å². The number of methoxy groups -OCH3 is 1. The number of carbonyl (C=O) groups is 1. The fraction of sp³-hybridized carbons (Fsp3) is 0.407. The second kappa shape index (κ2) is 12.0. The van der Waals surface area contributed by atoms with E-state index >= 15 is 0 Å². The number of aliphatic carboxylic acids is 1. The summed E-state index contributed by atoms with van der Waals surface area (Å²) in [6.07, 6.45) is 2.66. The standard InChI is InChI=1S/C27H30F2N2O4S/c1-35-19-4-6-24-21(15-19)20(8-10-30-24)25(32)7-2-17-9-11-31(16-22(17)27(33)34)12-13-36-26-14-18(28)3-5-23(26)29/h3-6,8,10,14-15,17,22,25,32H,2,7,9,11-13,16H2,1H3,(H,33,34)/t17-,22+,25?/m1/s1. The lowest BCUT2D eigenvalue weighted by Crippen LogP contribution is -2.44. The molecule has 192 valence electrons. The Hall–Kier alpha value is -2.75. The minimum atomic E-state index is -0.845. The number of thioether (sulfide) groups is 1. The summed E-state index contributed by atoms with van der Waals surface area (Å²) < 4.78 is 32.5. The van der Waals surface area contributed by atoms with Crippen LogP contribution in [-0.4, -0.2) is 58.6 Å². The number of pyridine rings is 1. The topological polar surface area (TPSA) is 82.9 Å². The van der Waals surface area contributed by atoms with Gasteiger partial charge in [0.25, 0.3) is 0 Å². The van der Waals surface area contributed by atoms with Gasteiger partial charge in [0.05, 0.1) is 24.6 Å². The summed E-state index contributed by atoms with van der Waals surface area (Å²) in [4.78, 5) is 18.7. The molecule has 36 heavy (non-hydrogen) atoms. The molecule has 0 amide bonds. The SMILES string of the molecule is COc1ccc2nccc(C(O)CC[C@@H]3CCN(CCSc4cc(F)ccc4F)C[C@@H]3C(=O)O)c2c1. The van der Waals surface area contributed by atoms with Crippen molar-refractivity contribution in [1.82, 2.24) is 9.88 Å². The van der Waals surface area contributed by atoms with Gasteiger partial charge in [-0.3, -0.25) is 9.78 Å². The number of carboxylic acid groups (broad SMARTS) is 1. The summed E-state index contributed by atoms with van der Waals surface area (Å²) >= 11 is 1.23. The number of carboxylic acids is 1. The predicted octanol–water partition coefficient (Wildman–Crippen LogP) is 5.15. The molecular formula is C27H30F2N2O4S. The van der Waals surface area contributed by atoms with Crippen molar-refractivity contribution in [1.29, 1.82) is 0 Å². The first-order chi connectivity index (χ1) is 17.4. The van der Waals surface area contributed by atoms with Crippen LogP contribution in [0.2, 0.25) is 0 Å². The lowest BCUT2D eigenvalue weighted by Gasteiger charge is -2.37. The van der Waals surface area contributed by atoms with Gasteiger partial charge in [0.2, 0.25) is 0 Å². The number of aromatic nitrogens is 1. The maximum atomic E-state index is 13.8. The lowest BCUT2D eigenvalue weighted by atomic mass is 9.81. The molecule has 1 saturated heterocycles. The van der Waals surface area contributed by atoms with Gasteiger partial charge in [0.15, 0.2) is 0 Å². The number of aliphatic hydroxyl groups excluding tert-OH is 1. The number of fused-ring (bicyclic) bond motifs is 1. The van der Waals surface area contributed by atoms with Crippen molar-refractivity contribution in [2.75, 3.05) is 32.5 Å². The highest BCUT2D eigenvalue weighted by Crippen LogP contribution is 2.34. The van der Waals surface area contributed by atoms with Crippen LogP contribution in [0.5, 0.6) is 5.75 Å². The van der Waals surface area contributed by atoms with E-state index in [0.717, 1.165) is 35.1 Å². The van der Waals surface area contributed by atoms with Crippen molar-refractivity contribution in [2.45, 2.75) is 30.3 Å². The maximum absolute atomic E-state index is 13.8. The molecule has 0 aliphatic carbocycles. The third-order valence-electron chi connectivity index (χ3n) is 6.87. The van der Waals surface area contributed by atoms with E-state index in [0.29, 0.717) is 43.9 Å². The molecular weight excluding hydrogens is 486 g/mol. The molecule has 0 radical (unpaired) electrons. The molecule has 1 aliphatic heterocycles. The van der Waals surface area contributed by atoms with Crippen LogP contribution in [0, 0.1) is 23.5 Å². The van der Waals surface area contributed by atoms with E-state index < -0.39 is 29.6 Å². The Bertz CT molecular complexity index is 1210. The van der Waals surface area contributed by atoms with Crippen molar-refractivity contribution in [3.63, 3.8) is 0 Å². The highest BCUT2D eigenvalue weighted by Gasteiger charge is 2.34. The molecule has 0 bridgehead atoms. The van der Waals surface area contributed by atoms with Crippen LogP contribution in [0.4, 0.5) is 8.78 Å². The number of likely N-dealkylation sites (tertiary alicyclic amines) is 1. The van der Waals surface area contributed by atoms with Gasteiger partial charge in [-0.05, 0) is 79.8 Å². The molecule has 4 rings (SSSR count). The Balaban J connectivity index is 1.33. The number of hydrogen-bond donors (Lipinski definition) is 2. The van der Waals surface area contributed by atoms with E-state index in [9.17, 15) is 23.8 Å². The van der Waals surface area contributed by atoms with E-state index in [1.807, 2.05) is 18.2 Å². The quantitative estimate of drug-likeness (QED) is 0.361. The van der Waals surface area contributed by atoms with Gasteiger partial charge in [-0.1, -0.05) is 0 Å². The zero-order chi connectivity index (χ0) is 25.7. The van der Waals surface area contributed by atoms with Crippen LogP contribution >= 0.6 is 11.8 Å². The summed E-state index contributed by atoms with van der Waals surface area (Å²) in [5.74, 6) is -1.16. The lowest BCUT2D eigenvalue weighted by molar-refractivity contribution is -0.146. The Labute approximate surface area is 213 Å². The third-order valence-corrected chi connectivity index (χ3v) is 7.88. The van der Waals surface area contributed by atoms with Crippen LogP contribution in [-0.2, 0) is 4.79 Å². The molecule has 1 unspecified atom stereocenters. The average Bonchev–Trinajstić information content (AvgIpc) is 2.88. The summed E-state index contributed by atoms with van der Waals surface area (Å²) in [6.45, 7) is 1.72. The maximum Gasteiger partial charge on any atom is 0.308 e. The molecule has 2 aromatic carbocycles. The largest absolute Gasteiger partial charge is 0.497 e. The monoisotopic (exact) mass is 516 g/mol. The van der Waals surface area contributed by atoms with E-state index in [-0.39, 0.29) is 10.8 Å². The third kappa shape index (κ3) is 6.32. The van der Waals surface area contributed by atoms with E-state index in [1.54, 1.807) is 19.4 Å². The molecule has 0 spiro atoms. The zero-order valence-corrected chi connectivity index (χ0v) is 20.9. The van der Waals surface area contributed by atoms with Crippen molar-refractivity contribution < 1.29 is 28.5 Å². The van der Waals surface area contributed by atoms with Crippen LogP contribution in [0.1, 0.15) is 30.9 Å². The van der Waals surface area contributed by atoms with Crippen molar-refractivity contribution >= 4 is 28.6 Å². The van der Waals surface area contributed by atoms with Crippen molar-refractivity contribution in [3.05, 3.63) is 65.9 Å². The van der Waals surface area contributed by atoms with E-state index in [1.165, 1.54) is 17.8 Å². The summed E-state index contributed by atoms with van der Waals surface area (Å²) in [7, 11) is 1.59. The number of hydrogen-bond acceptors (Lipinski definition) is 6. The normalized spacial score (nSPS) is 19.3. The predicted molar refractivity (Wildman–Crippen MR) is 135 cm³/mol. The number of benzene rings is 2. The first-order valence-electron chi connectivity index (χ1n) is 12.0. The van der Waals surface area contributed by atoms with Crippen LogP contribution < -0.4 is 4.74 Å². The van der Waals surface area contributed by atoms with Gasteiger partial charge in [-0.25, -0.2) is 8.78 Å². The molecule has 0 saturated carbocycles. The van der Waals surface area contributed by atoms with Gasteiger partial charge in [-0.15, -0.1) is 11.8 Å². The van der Waals surface area contributed by atoms with Gasteiger partial charge in [0.1, 0.15) is 17.4 Å². The van der Waals surface area contributed by atoms with Crippen LogP contribution in [0.25, 0.3) is 10.9 Å². The van der Waals surface area contributed by atoms with E-state index in [4.69, 9.17) is 4.74 Å². The first-order valence-corrected chi connectivity index (χ1v) is 13.0. The second-order valence-electron chi connectivity index (χ2n) is 9.09. The molecule has 1 aliphatic rings. The fourth-order valence-corrected chi connectivity index (χ4v) is 5.83. The number of nitrogens with zero attached hydrogens (tertiary/aromatic N) is 2. The highest BCUT2D eigenvalue weighted by molar-refractivity contribution is 7.99. The fourth-order valence-electron chi connectivity index (χ4n) is 4.86. The Morgan fingerprint density at radius 2 is 2.08 bits per heavy atom. The first kappa shape index (κ1) is 26.3. The number of piperidine rings is 1. The molecule has 1 aromatic heterocycles. The van der Waals surface area contributed by atoms with E-state index in [2.05, 4.69) is 9.88 Å². The Kier molecular flexibility index (Phi) is 8.77. The molecule has 2 heterocycles. The number of rotatable bonds is 10. The van der Waals surface area contributed by atoms with Crippen molar-refractivity contribution in [3.8, 4) is 5.75 Å². The van der Waals surface area contributed by atoms with Gasteiger partial charge >= 0.3 is 5.97 Å². The van der Waals surface area contributed by atoms with Crippen LogP contribution in [0.3, 0.4) is 0 Å². The summed E-state index contributed by atoms with van der Waals surface area (Å²) in [5, 5.41) is 21.7. The minimum Gasteiger partial charge on any atom is -0.497 e. The van der Waals surface area contributed by atoms with Gasteiger partial charge in [0, 0.05) is 35.3 Å². The zero-order valence-electron chi connectivity index (χ0n) is 20.1. The molecule has 3 atom stereocenters. The van der Waals surface area contributed by atoms with Gasteiger partial charge in [-0.2, -0.15) is 0 Å². The van der Waals surface area contributed by atoms with Crippen LogP contribution in [0.15, 0.2) is 53.6 Å². The molecule has 6 nitrogen and oxygen atoms in total.